The number of H-pyrrole nitrogens is 2. The highest BCUT2D eigenvalue weighted by molar-refractivity contribution is 7.86. The average molecular weight is 895 g/mol. The number of hydrogen-bond acceptors (Lipinski definition) is 6. The Hall–Kier alpha value is -6.08. The Morgan fingerprint density at radius 2 is 1.08 bits per heavy atom. The molecule has 0 saturated carbocycles. The Balaban J connectivity index is 0.000000309. The van der Waals surface area contributed by atoms with E-state index in [0.717, 1.165) is 38.8 Å². The molecule has 62 heavy (non-hydrogen) atoms. The van der Waals surface area contributed by atoms with Gasteiger partial charge in [-0.3, -0.25) is 0 Å². The normalized spacial score (nSPS) is 14.2. The lowest BCUT2D eigenvalue weighted by Crippen LogP contribution is -2.39. The van der Waals surface area contributed by atoms with Crippen molar-refractivity contribution in [3.63, 3.8) is 0 Å². The van der Waals surface area contributed by atoms with E-state index in [2.05, 4.69) is 153 Å². The molecule has 322 valence electrons. The minimum absolute atomic E-state index is 1.00. The van der Waals surface area contributed by atoms with Crippen LogP contribution in [0.2, 0.25) is 0 Å². The second kappa shape index (κ2) is 17.4. The Bertz CT molecular complexity index is 3020. The molecule has 0 radical (unpaired) electrons. The van der Waals surface area contributed by atoms with E-state index in [-0.39, 0.29) is 0 Å². The molecule has 2 aliphatic heterocycles. The number of halogens is 6. The predicted octanol–water partition coefficient (Wildman–Crippen LogP) is 8.89. The number of hydrogen-bond donors (Lipinski definition) is 2. The van der Waals surface area contributed by atoms with Crippen LogP contribution in [0.25, 0.3) is 68.6 Å². The molecule has 0 saturated heterocycles. The molecule has 10 nitrogen and oxygen atoms in total. The SMILES string of the molecule is C(=C\c1c[nH]c2ccccc12)/c1cc[n+]2c(c1)-c1c(ccc3c1-c1cccc(/C=C/c4c[nH]c5ccccc45)[n+]1CCC3)CCC2.O=S(=O)([O-])C(F)(F)F.O=S(=O)([O-])C(F)(F)F. The highest BCUT2D eigenvalue weighted by Gasteiger charge is 2.38. The van der Waals surface area contributed by atoms with Crippen LogP contribution in [0.5, 0.6) is 0 Å². The van der Waals surface area contributed by atoms with Crippen LogP contribution in [-0.2, 0) is 46.2 Å². The van der Waals surface area contributed by atoms with E-state index in [4.69, 9.17) is 25.9 Å². The molecule has 6 heterocycles. The van der Waals surface area contributed by atoms with E-state index < -0.39 is 31.3 Å². The standard InChI is InChI=1S/C42H34N4.2CHF3O3S/c1-3-13-37-35(11-1)32(27-43-37)17-16-29-22-25-45-23-6-8-31-19-18-30-9-7-24-46-34(10-5-15-39(46)41(30)42(31)40(45)26-29)21-20-33-28-44-38-14-4-2-12-36(33)38;2*2-1(3,4)8(5,6)7/h1-5,10-22,25-28H,6-9,23-24H2;2*(H,5,6,7). The van der Waals surface area contributed by atoms with Crippen LogP contribution in [0.3, 0.4) is 0 Å². The number of aryl methyl sites for hydroxylation is 3. The first-order valence-electron chi connectivity index (χ1n) is 19.0. The van der Waals surface area contributed by atoms with Crippen LogP contribution in [0.15, 0.2) is 110 Å². The zero-order chi connectivity index (χ0) is 44.5. The van der Waals surface area contributed by atoms with E-state index >= 15 is 0 Å². The van der Waals surface area contributed by atoms with Crippen molar-refractivity contribution in [2.24, 2.45) is 0 Å². The zero-order valence-electron chi connectivity index (χ0n) is 32.4. The number of alkyl halides is 6. The third-order valence-electron chi connectivity index (χ3n) is 10.4. The second-order valence-corrected chi connectivity index (χ2v) is 17.2. The van der Waals surface area contributed by atoms with Gasteiger partial charge in [0.15, 0.2) is 26.4 Å². The maximum absolute atomic E-state index is 10.7. The van der Waals surface area contributed by atoms with Crippen LogP contribution in [-0.4, -0.2) is 46.9 Å². The third-order valence-corrected chi connectivity index (χ3v) is 11.6. The average Bonchev–Trinajstić information content (AvgIpc) is 3.71. The van der Waals surface area contributed by atoms with E-state index in [9.17, 15) is 26.3 Å². The molecule has 0 atom stereocenters. The first-order chi connectivity index (χ1) is 29.3. The summed E-state index contributed by atoms with van der Waals surface area (Å²) in [6.45, 7) is 2.03. The first kappa shape index (κ1) is 44.0. The van der Waals surface area contributed by atoms with Crippen LogP contribution in [0.4, 0.5) is 26.3 Å². The molecular weight excluding hydrogens is 859 g/mol. The summed E-state index contributed by atoms with van der Waals surface area (Å²) in [7, 11) is -12.2. The summed E-state index contributed by atoms with van der Waals surface area (Å²) in [5.74, 6) is 0. The summed E-state index contributed by atoms with van der Waals surface area (Å²) in [6, 6.07) is 33.3. The fraction of sp³-hybridized carbons (Fsp3) is 0.182. The summed E-state index contributed by atoms with van der Waals surface area (Å²) in [5, 5.41) is 2.51. The Morgan fingerprint density at radius 3 is 1.63 bits per heavy atom. The molecule has 0 bridgehead atoms. The number of benzene rings is 3. The number of pyridine rings is 2. The van der Waals surface area contributed by atoms with Gasteiger partial charge in [0.05, 0.1) is 11.1 Å². The molecule has 4 aromatic heterocycles. The highest BCUT2D eigenvalue weighted by atomic mass is 32.2. The van der Waals surface area contributed by atoms with Crippen molar-refractivity contribution in [2.45, 2.75) is 49.8 Å². The van der Waals surface area contributed by atoms with E-state index in [1.165, 1.54) is 77.8 Å². The van der Waals surface area contributed by atoms with Crippen LogP contribution in [0.1, 0.15) is 46.4 Å². The predicted molar refractivity (Wildman–Crippen MR) is 220 cm³/mol. The molecule has 9 rings (SSSR count). The van der Waals surface area contributed by atoms with Gasteiger partial charge in [0.1, 0.15) is 13.1 Å². The number of nitrogens with one attached hydrogen (secondary N) is 2. The molecule has 2 aliphatic rings. The summed E-state index contributed by atoms with van der Waals surface area (Å²) in [4.78, 5) is 6.83. The number of nitrogens with zero attached hydrogens (tertiary/aromatic N) is 2. The van der Waals surface area contributed by atoms with Gasteiger partial charge in [-0.1, -0.05) is 60.7 Å². The molecule has 18 heteroatoms. The van der Waals surface area contributed by atoms with Crippen molar-refractivity contribution in [1.82, 2.24) is 9.97 Å². The molecule has 3 aromatic carbocycles. The maximum atomic E-state index is 10.7. The van der Waals surface area contributed by atoms with E-state index in [0.29, 0.717) is 0 Å². The number of rotatable bonds is 4. The van der Waals surface area contributed by atoms with Crippen molar-refractivity contribution in [3.8, 4) is 22.5 Å². The maximum Gasteiger partial charge on any atom is 0.485 e. The lowest BCUT2D eigenvalue weighted by atomic mass is 9.88. The van der Waals surface area contributed by atoms with Crippen molar-refractivity contribution in [2.75, 3.05) is 0 Å². The van der Waals surface area contributed by atoms with Gasteiger partial charge in [0, 0.05) is 77.4 Å². The summed E-state index contributed by atoms with van der Waals surface area (Å²) in [6.07, 6.45) is 20.0. The van der Waals surface area contributed by atoms with Gasteiger partial charge in [0.25, 0.3) is 0 Å². The molecule has 2 N–H and O–H groups in total. The van der Waals surface area contributed by atoms with Gasteiger partial charge in [-0.2, -0.15) is 35.5 Å². The quantitative estimate of drug-likeness (QED) is 0.0779. The highest BCUT2D eigenvalue weighted by Crippen LogP contribution is 2.39. The summed E-state index contributed by atoms with van der Waals surface area (Å²) >= 11 is 0. The van der Waals surface area contributed by atoms with Crippen LogP contribution < -0.4 is 9.13 Å². The zero-order valence-corrected chi connectivity index (χ0v) is 34.0. The molecule has 7 aromatic rings. The minimum atomic E-state index is -6.09. The van der Waals surface area contributed by atoms with Crippen molar-refractivity contribution in [3.05, 3.63) is 143 Å². The fourth-order valence-corrected chi connectivity index (χ4v) is 7.61. The molecular formula is C44H36F6N4O6S2. The topological polar surface area (TPSA) is 154 Å². The van der Waals surface area contributed by atoms with Gasteiger partial charge in [-0.25, -0.2) is 16.8 Å². The fourth-order valence-electron chi connectivity index (χ4n) is 7.61. The van der Waals surface area contributed by atoms with Gasteiger partial charge < -0.3 is 19.1 Å². The van der Waals surface area contributed by atoms with Crippen LogP contribution >= 0.6 is 0 Å². The molecule has 0 amide bonds. The number of aromatic nitrogens is 4. The minimum Gasteiger partial charge on any atom is -0.741 e. The monoisotopic (exact) mass is 894 g/mol. The van der Waals surface area contributed by atoms with Crippen molar-refractivity contribution >= 4 is 66.3 Å². The number of fused-ring (bicyclic) bond motifs is 9. The largest absolute Gasteiger partial charge is 0.741 e. The third kappa shape index (κ3) is 9.52. The van der Waals surface area contributed by atoms with E-state index in [1.54, 1.807) is 0 Å². The van der Waals surface area contributed by atoms with Gasteiger partial charge in [-0.05, 0) is 64.9 Å². The molecule has 0 aliphatic carbocycles. The Kier molecular flexibility index (Phi) is 12.3. The lowest BCUT2D eigenvalue weighted by Gasteiger charge is -2.14. The van der Waals surface area contributed by atoms with Crippen molar-refractivity contribution < 1.29 is 61.4 Å². The molecule has 0 unspecified atom stereocenters. The first-order valence-corrected chi connectivity index (χ1v) is 21.9. The van der Waals surface area contributed by atoms with E-state index in [1.807, 2.05) is 0 Å². The number of para-hydroxylation sites is 2. The molecule has 0 fully saturated rings. The number of aromatic amines is 2. The van der Waals surface area contributed by atoms with Gasteiger partial charge >= 0.3 is 11.0 Å². The van der Waals surface area contributed by atoms with Crippen molar-refractivity contribution in [1.29, 1.82) is 0 Å². The Morgan fingerprint density at radius 1 is 0.581 bits per heavy atom. The van der Waals surface area contributed by atoms with Gasteiger partial charge in [0.2, 0.25) is 17.1 Å². The van der Waals surface area contributed by atoms with Gasteiger partial charge in [-0.15, -0.1) is 0 Å². The Labute approximate surface area is 352 Å². The second-order valence-electron chi connectivity index (χ2n) is 14.4. The lowest BCUT2D eigenvalue weighted by molar-refractivity contribution is -0.688. The van der Waals surface area contributed by atoms with Crippen LogP contribution in [0, 0.1) is 0 Å². The molecule has 0 spiro atoms. The summed E-state index contributed by atoms with van der Waals surface area (Å²) < 4.78 is 123. The summed E-state index contributed by atoms with van der Waals surface area (Å²) in [5.41, 5.74) is 4.30. The smallest absolute Gasteiger partial charge is 0.485 e.